The van der Waals surface area contributed by atoms with Crippen LogP contribution in [0.25, 0.3) is 0 Å². The van der Waals surface area contributed by atoms with Crippen molar-refractivity contribution in [3.05, 3.63) is 64.7 Å². The lowest BCUT2D eigenvalue weighted by atomic mass is 9.89. The van der Waals surface area contributed by atoms with E-state index in [-0.39, 0.29) is 29.8 Å². The number of aryl methyl sites for hydroxylation is 3. The highest BCUT2D eigenvalue weighted by Gasteiger charge is 2.62. The first kappa shape index (κ1) is 17.6. The molecule has 2 aromatic rings. The van der Waals surface area contributed by atoms with Crippen LogP contribution in [0.2, 0.25) is 0 Å². The van der Waals surface area contributed by atoms with Gasteiger partial charge in [0.05, 0.1) is 17.6 Å². The van der Waals surface area contributed by atoms with Crippen molar-refractivity contribution >= 4 is 17.5 Å². The monoisotopic (exact) mass is 375 g/mol. The molecule has 2 aromatic carbocycles. The highest BCUT2D eigenvalue weighted by molar-refractivity contribution is 6.24. The molecule has 3 atom stereocenters. The number of imide groups is 1. The number of fused-ring (bicyclic) bond motifs is 3. The van der Waals surface area contributed by atoms with Crippen LogP contribution in [0.15, 0.2) is 42.5 Å². The summed E-state index contributed by atoms with van der Waals surface area (Å²) < 4.78 is 0. The maximum absolute atomic E-state index is 13.5. The molecule has 0 aliphatic carbocycles. The third-order valence-corrected chi connectivity index (χ3v) is 6.57. The van der Waals surface area contributed by atoms with Gasteiger partial charge in [0.25, 0.3) is 5.91 Å². The number of benzene rings is 2. The summed E-state index contributed by atoms with van der Waals surface area (Å²) in [7, 11) is 0. The molecule has 3 saturated heterocycles. The zero-order chi connectivity index (χ0) is 19.6. The minimum Gasteiger partial charge on any atom is -0.274 e. The summed E-state index contributed by atoms with van der Waals surface area (Å²) in [6.07, 6.45) is 1.02. The quantitative estimate of drug-likeness (QED) is 0.757. The first-order valence-corrected chi connectivity index (χ1v) is 10.0. The van der Waals surface area contributed by atoms with E-state index < -0.39 is 0 Å². The maximum atomic E-state index is 13.5. The van der Waals surface area contributed by atoms with E-state index in [1.807, 2.05) is 32.0 Å². The molecule has 5 heteroatoms. The fourth-order valence-electron chi connectivity index (χ4n) is 5.00. The Hall–Kier alpha value is -2.50. The number of hydrogen-bond acceptors (Lipinski definition) is 4. The molecule has 28 heavy (non-hydrogen) atoms. The molecule has 0 spiro atoms. The number of hydrazine groups is 1. The fourth-order valence-corrected chi connectivity index (χ4v) is 5.00. The molecule has 3 heterocycles. The average molecular weight is 375 g/mol. The fraction of sp³-hybridized carbons (Fsp3) is 0.391. The van der Waals surface area contributed by atoms with E-state index in [4.69, 9.17) is 0 Å². The van der Waals surface area contributed by atoms with Crippen LogP contribution in [-0.2, 0) is 9.59 Å². The predicted molar refractivity (Wildman–Crippen MR) is 108 cm³/mol. The van der Waals surface area contributed by atoms with Crippen molar-refractivity contribution in [3.63, 3.8) is 0 Å². The van der Waals surface area contributed by atoms with E-state index in [0.29, 0.717) is 5.69 Å². The number of carbonyl (C=O) groups is 2. The topological polar surface area (TPSA) is 43.9 Å². The van der Waals surface area contributed by atoms with Gasteiger partial charge in [0, 0.05) is 13.1 Å². The number of carbonyl (C=O) groups excluding carboxylic acids is 2. The van der Waals surface area contributed by atoms with Crippen molar-refractivity contribution in [1.29, 1.82) is 0 Å². The van der Waals surface area contributed by atoms with Gasteiger partial charge in [-0.05, 0) is 56.0 Å². The van der Waals surface area contributed by atoms with Crippen LogP contribution in [-0.4, -0.2) is 41.0 Å². The molecule has 144 valence electrons. The van der Waals surface area contributed by atoms with Crippen molar-refractivity contribution < 1.29 is 9.59 Å². The van der Waals surface area contributed by atoms with Crippen LogP contribution < -0.4 is 4.90 Å². The zero-order valence-electron chi connectivity index (χ0n) is 16.6. The molecule has 5 nitrogen and oxygen atoms in total. The SMILES string of the molecule is Cc1ccc([C@@H]2[C@H]3C(=O)N(c4ccc(C)c(C)c4)C(=O)[C@@H]3N3CCCN23)cc1. The van der Waals surface area contributed by atoms with Crippen LogP contribution in [0, 0.1) is 26.7 Å². The summed E-state index contributed by atoms with van der Waals surface area (Å²) in [5.74, 6) is -0.505. The summed E-state index contributed by atoms with van der Waals surface area (Å²) in [4.78, 5) is 28.4. The molecule has 0 aromatic heterocycles. The first-order chi connectivity index (χ1) is 13.5. The Balaban J connectivity index is 1.58. The standard InChI is InChI=1S/C23H25N3O2/c1-14-5-8-17(9-6-14)20-19-21(25-12-4-11-24(20)25)23(28)26(22(19)27)18-10-7-15(2)16(3)13-18/h5-10,13,19-21H,4,11-12H2,1-3H3/t19-,20-,21-/m1/s1. The second kappa shape index (κ2) is 6.26. The Morgan fingerprint density at radius 1 is 0.786 bits per heavy atom. The lowest BCUT2D eigenvalue weighted by Gasteiger charge is -2.30. The number of anilines is 1. The second-order valence-electron chi connectivity index (χ2n) is 8.29. The predicted octanol–water partition coefficient (Wildman–Crippen LogP) is 3.15. The molecular formula is C23H25N3O2. The van der Waals surface area contributed by atoms with E-state index in [9.17, 15) is 9.59 Å². The summed E-state index contributed by atoms with van der Waals surface area (Å²) in [5.41, 5.74) is 5.26. The summed E-state index contributed by atoms with van der Waals surface area (Å²) in [6.45, 7) is 7.85. The number of hydrogen-bond donors (Lipinski definition) is 0. The summed E-state index contributed by atoms with van der Waals surface area (Å²) >= 11 is 0. The van der Waals surface area contributed by atoms with Gasteiger partial charge in [-0.3, -0.25) is 9.59 Å². The van der Waals surface area contributed by atoms with Crippen molar-refractivity contribution in [2.45, 2.75) is 39.3 Å². The molecule has 3 fully saturated rings. The Morgan fingerprint density at radius 2 is 1.46 bits per heavy atom. The van der Waals surface area contributed by atoms with E-state index in [2.05, 4.69) is 41.2 Å². The highest BCUT2D eigenvalue weighted by atomic mass is 16.2. The summed E-state index contributed by atoms with van der Waals surface area (Å²) in [6, 6.07) is 13.8. The van der Waals surface area contributed by atoms with Gasteiger partial charge in [-0.15, -0.1) is 0 Å². The third-order valence-electron chi connectivity index (χ3n) is 6.57. The molecule has 0 bridgehead atoms. The van der Waals surface area contributed by atoms with Crippen LogP contribution in [0.1, 0.15) is 34.7 Å². The van der Waals surface area contributed by atoms with E-state index in [1.54, 1.807) is 0 Å². The Kier molecular flexibility index (Phi) is 3.93. The maximum Gasteiger partial charge on any atom is 0.253 e. The van der Waals surface area contributed by atoms with E-state index in [0.717, 1.165) is 36.2 Å². The summed E-state index contributed by atoms with van der Waals surface area (Å²) in [5, 5.41) is 4.41. The second-order valence-corrected chi connectivity index (χ2v) is 8.29. The zero-order valence-corrected chi connectivity index (χ0v) is 16.6. The molecule has 0 N–H and O–H groups in total. The van der Waals surface area contributed by atoms with Crippen molar-refractivity contribution in [3.8, 4) is 0 Å². The lowest BCUT2D eigenvalue weighted by Crippen LogP contribution is -2.44. The van der Waals surface area contributed by atoms with Crippen LogP contribution in [0.5, 0.6) is 0 Å². The minimum absolute atomic E-state index is 0.0684. The molecule has 2 amide bonds. The van der Waals surface area contributed by atoms with Gasteiger partial charge >= 0.3 is 0 Å². The van der Waals surface area contributed by atoms with Crippen molar-refractivity contribution in [2.75, 3.05) is 18.0 Å². The minimum atomic E-state index is -0.386. The number of nitrogens with zero attached hydrogens (tertiary/aromatic N) is 3. The molecule has 0 unspecified atom stereocenters. The van der Waals surface area contributed by atoms with Crippen molar-refractivity contribution in [2.24, 2.45) is 5.92 Å². The average Bonchev–Trinajstić information content (AvgIpc) is 3.31. The Morgan fingerprint density at radius 3 is 2.14 bits per heavy atom. The van der Waals surface area contributed by atoms with Gasteiger partial charge in [-0.1, -0.05) is 35.9 Å². The molecule has 3 aliphatic rings. The van der Waals surface area contributed by atoms with E-state index in [1.165, 1.54) is 10.5 Å². The van der Waals surface area contributed by atoms with Crippen LogP contribution in [0.3, 0.4) is 0 Å². The smallest absolute Gasteiger partial charge is 0.253 e. The Labute approximate surface area is 165 Å². The number of amides is 2. The highest BCUT2D eigenvalue weighted by Crippen LogP contribution is 2.48. The van der Waals surface area contributed by atoms with Gasteiger partial charge < -0.3 is 0 Å². The Bertz CT molecular complexity index is 968. The molecule has 0 saturated carbocycles. The molecule has 5 rings (SSSR count). The largest absolute Gasteiger partial charge is 0.274 e. The first-order valence-electron chi connectivity index (χ1n) is 10.0. The van der Waals surface area contributed by atoms with Gasteiger partial charge in [0.15, 0.2) is 0 Å². The molecule has 3 aliphatic heterocycles. The third kappa shape index (κ3) is 2.39. The molecular weight excluding hydrogens is 350 g/mol. The number of rotatable bonds is 2. The normalized spacial score (nSPS) is 27.5. The van der Waals surface area contributed by atoms with Gasteiger partial charge in [-0.2, -0.15) is 0 Å². The van der Waals surface area contributed by atoms with Gasteiger partial charge in [0.2, 0.25) is 5.91 Å². The van der Waals surface area contributed by atoms with Gasteiger partial charge in [-0.25, -0.2) is 14.9 Å². The van der Waals surface area contributed by atoms with Crippen LogP contribution >= 0.6 is 0 Å². The van der Waals surface area contributed by atoms with Gasteiger partial charge in [0.1, 0.15) is 6.04 Å². The lowest BCUT2D eigenvalue weighted by molar-refractivity contribution is -0.126. The van der Waals surface area contributed by atoms with Crippen molar-refractivity contribution in [1.82, 2.24) is 10.0 Å². The van der Waals surface area contributed by atoms with Crippen LogP contribution in [0.4, 0.5) is 5.69 Å². The molecule has 0 radical (unpaired) electrons. The van der Waals surface area contributed by atoms with E-state index >= 15 is 0 Å².